The molecule has 1 atom stereocenters. The molecule has 120 valence electrons. The van der Waals surface area contributed by atoms with Crippen LogP contribution in [0.15, 0.2) is 35.8 Å². The number of nitrogens with zero attached hydrogens (tertiary/aromatic N) is 3. The zero-order chi connectivity index (χ0) is 16.6. The van der Waals surface area contributed by atoms with Crippen LogP contribution in [0.2, 0.25) is 0 Å². The molecule has 0 radical (unpaired) electrons. The molecule has 8 nitrogen and oxygen atoms in total. The van der Waals surface area contributed by atoms with Crippen molar-refractivity contribution in [2.45, 2.75) is 13.0 Å². The van der Waals surface area contributed by atoms with Crippen molar-refractivity contribution in [3.63, 3.8) is 0 Å². The number of nitrogens with one attached hydrogen (secondary N) is 1. The van der Waals surface area contributed by atoms with E-state index in [1.165, 1.54) is 26.6 Å². The first-order chi connectivity index (χ1) is 11.1. The standard InChI is InChI=1S/C15H16N4O4/c1-8-12(14(21)23-3)13(19-15(18-8)16-7-17-19)9-4-5-10(20)11(6-9)22-2/h4-7,13,20H,1-3H3,(H,16,17,18)/t13-/m1/s1. The molecule has 0 bridgehead atoms. The number of rotatable bonds is 3. The Labute approximate surface area is 132 Å². The maximum absolute atomic E-state index is 12.3. The van der Waals surface area contributed by atoms with E-state index in [0.29, 0.717) is 28.5 Å². The molecule has 0 spiro atoms. The number of benzene rings is 1. The highest BCUT2D eigenvalue weighted by Gasteiger charge is 2.34. The predicted molar refractivity (Wildman–Crippen MR) is 81.2 cm³/mol. The number of fused-ring (bicyclic) bond motifs is 1. The smallest absolute Gasteiger partial charge is 0.338 e. The number of ether oxygens (including phenoxy) is 2. The maximum atomic E-state index is 12.3. The van der Waals surface area contributed by atoms with Gasteiger partial charge < -0.3 is 19.9 Å². The van der Waals surface area contributed by atoms with Crippen molar-refractivity contribution < 1.29 is 19.4 Å². The van der Waals surface area contributed by atoms with Crippen molar-refractivity contribution in [1.82, 2.24) is 14.8 Å². The summed E-state index contributed by atoms with van der Waals surface area (Å²) in [5.74, 6) is 0.384. The number of hydrogen-bond donors (Lipinski definition) is 2. The van der Waals surface area contributed by atoms with Crippen molar-refractivity contribution in [2.24, 2.45) is 0 Å². The SMILES string of the molecule is COC(=O)C1=C(C)Nc2ncnn2[C@@H]1c1ccc(O)c(OC)c1. The quantitative estimate of drug-likeness (QED) is 0.827. The van der Waals surface area contributed by atoms with Crippen molar-refractivity contribution >= 4 is 11.9 Å². The van der Waals surface area contributed by atoms with Crippen LogP contribution in [-0.4, -0.2) is 40.1 Å². The van der Waals surface area contributed by atoms with Crippen LogP contribution >= 0.6 is 0 Å². The van der Waals surface area contributed by atoms with Crippen LogP contribution in [-0.2, 0) is 9.53 Å². The molecular weight excluding hydrogens is 300 g/mol. The van der Waals surface area contributed by atoms with Crippen LogP contribution in [0.3, 0.4) is 0 Å². The lowest BCUT2D eigenvalue weighted by molar-refractivity contribution is -0.136. The fourth-order valence-electron chi connectivity index (χ4n) is 2.64. The molecule has 0 saturated carbocycles. The fraction of sp³-hybridized carbons (Fsp3) is 0.267. The van der Waals surface area contributed by atoms with Gasteiger partial charge in [-0.3, -0.25) is 0 Å². The number of phenols is 1. The molecule has 0 aliphatic carbocycles. The monoisotopic (exact) mass is 316 g/mol. The average Bonchev–Trinajstić information content (AvgIpc) is 3.01. The Morgan fingerprint density at radius 1 is 1.39 bits per heavy atom. The summed E-state index contributed by atoms with van der Waals surface area (Å²) in [6, 6.07) is 4.34. The van der Waals surface area contributed by atoms with Gasteiger partial charge in [0.15, 0.2) is 11.5 Å². The highest BCUT2D eigenvalue weighted by molar-refractivity contribution is 5.92. The molecule has 1 aromatic carbocycles. The molecule has 1 aliphatic rings. The molecule has 2 heterocycles. The lowest BCUT2D eigenvalue weighted by atomic mass is 9.95. The number of esters is 1. The highest BCUT2D eigenvalue weighted by atomic mass is 16.5. The minimum absolute atomic E-state index is 0.0179. The number of carbonyl (C=O) groups excluding carboxylic acids is 1. The zero-order valence-electron chi connectivity index (χ0n) is 12.9. The maximum Gasteiger partial charge on any atom is 0.338 e. The lowest BCUT2D eigenvalue weighted by Gasteiger charge is -2.28. The van der Waals surface area contributed by atoms with Crippen LogP contribution in [0, 0.1) is 0 Å². The van der Waals surface area contributed by atoms with Crippen LogP contribution < -0.4 is 10.1 Å². The van der Waals surface area contributed by atoms with Gasteiger partial charge in [-0.1, -0.05) is 6.07 Å². The second-order valence-electron chi connectivity index (χ2n) is 5.02. The summed E-state index contributed by atoms with van der Waals surface area (Å²) in [4.78, 5) is 16.4. The van der Waals surface area contributed by atoms with Crippen molar-refractivity contribution in [2.75, 3.05) is 19.5 Å². The molecule has 3 rings (SSSR count). The second kappa shape index (κ2) is 5.64. The average molecular weight is 316 g/mol. The summed E-state index contributed by atoms with van der Waals surface area (Å²) < 4.78 is 11.6. The third kappa shape index (κ3) is 2.37. The van der Waals surface area contributed by atoms with Crippen LogP contribution in [0.5, 0.6) is 11.5 Å². The number of anilines is 1. The van der Waals surface area contributed by atoms with Gasteiger partial charge in [-0.15, -0.1) is 0 Å². The number of allylic oxidation sites excluding steroid dienone is 1. The van der Waals surface area contributed by atoms with Gasteiger partial charge in [0.25, 0.3) is 0 Å². The Morgan fingerprint density at radius 3 is 2.87 bits per heavy atom. The van der Waals surface area contributed by atoms with E-state index in [1.807, 2.05) is 0 Å². The topological polar surface area (TPSA) is 98.5 Å². The predicted octanol–water partition coefficient (Wildman–Crippen LogP) is 1.45. The van der Waals surface area contributed by atoms with Gasteiger partial charge in [0.1, 0.15) is 12.4 Å². The van der Waals surface area contributed by atoms with Crippen LogP contribution in [0.25, 0.3) is 0 Å². The van der Waals surface area contributed by atoms with Gasteiger partial charge in [0.2, 0.25) is 5.95 Å². The Morgan fingerprint density at radius 2 is 2.17 bits per heavy atom. The van der Waals surface area contributed by atoms with E-state index in [2.05, 4.69) is 15.4 Å². The number of carbonyl (C=O) groups is 1. The molecule has 1 aliphatic heterocycles. The molecule has 2 N–H and O–H groups in total. The van der Waals surface area contributed by atoms with Gasteiger partial charge in [0, 0.05) is 5.70 Å². The first kappa shape index (κ1) is 14.9. The van der Waals surface area contributed by atoms with Gasteiger partial charge >= 0.3 is 5.97 Å². The Balaban J connectivity index is 2.19. The van der Waals surface area contributed by atoms with Gasteiger partial charge in [0.05, 0.1) is 19.8 Å². The van der Waals surface area contributed by atoms with E-state index < -0.39 is 12.0 Å². The van der Waals surface area contributed by atoms with Gasteiger partial charge in [-0.05, 0) is 24.6 Å². The Kier molecular flexibility index (Phi) is 3.65. The van der Waals surface area contributed by atoms with Crippen molar-refractivity contribution in [3.05, 3.63) is 41.4 Å². The van der Waals surface area contributed by atoms with Gasteiger partial charge in [-0.2, -0.15) is 10.1 Å². The first-order valence-corrected chi connectivity index (χ1v) is 6.89. The van der Waals surface area contributed by atoms with E-state index in [1.54, 1.807) is 23.7 Å². The van der Waals surface area contributed by atoms with Crippen LogP contribution in [0.1, 0.15) is 18.5 Å². The zero-order valence-corrected chi connectivity index (χ0v) is 12.9. The summed E-state index contributed by atoms with van der Waals surface area (Å²) in [5, 5.41) is 17.0. The van der Waals surface area contributed by atoms with Crippen molar-refractivity contribution in [3.8, 4) is 11.5 Å². The van der Waals surface area contributed by atoms with Gasteiger partial charge in [-0.25, -0.2) is 9.48 Å². The molecule has 0 unspecified atom stereocenters. The minimum Gasteiger partial charge on any atom is -0.504 e. The molecule has 0 amide bonds. The number of phenolic OH excluding ortho intramolecular Hbond substituents is 1. The molecule has 0 fully saturated rings. The highest BCUT2D eigenvalue weighted by Crippen LogP contribution is 2.38. The molecule has 2 aromatic rings. The molecule has 0 saturated heterocycles. The van der Waals surface area contributed by atoms with E-state index in [0.717, 1.165) is 0 Å². The summed E-state index contributed by atoms with van der Waals surface area (Å²) in [7, 11) is 2.79. The minimum atomic E-state index is -0.532. The number of aromatic hydroxyl groups is 1. The normalized spacial score (nSPS) is 16.6. The number of methoxy groups -OCH3 is 2. The molecule has 8 heteroatoms. The molecule has 23 heavy (non-hydrogen) atoms. The van der Waals surface area contributed by atoms with Crippen molar-refractivity contribution in [1.29, 1.82) is 0 Å². The summed E-state index contributed by atoms with van der Waals surface area (Å²) in [6.07, 6.45) is 1.40. The Hall–Kier alpha value is -3.03. The second-order valence-corrected chi connectivity index (χ2v) is 5.02. The van der Waals surface area contributed by atoms with E-state index in [4.69, 9.17) is 9.47 Å². The molecule has 1 aromatic heterocycles. The van der Waals surface area contributed by atoms with E-state index in [-0.39, 0.29) is 5.75 Å². The third-order valence-corrected chi connectivity index (χ3v) is 3.72. The molecular formula is C15H16N4O4. The Bertz CT molecular complexity index is 797. The summed E-state index contributed by atoms with van der Waals surface area (Å²) >= 11 is 0. The van der Waals surface area contributed by atoms with Crippen LogP contribution in [0.4, 0.5) is 5.95 Å². The fourth-order valence-corrected chi connectivity index (χ4v) is 2.64. The summed E-state index contributed by atoms with van der Waals surface area (Å²) in [6.45, 7) is 1.77. The number of aromatic nitrogens is 3. The largest absolute Gasteiger partial charge is 0.504 e. The number of hydrogen-bond acceptors (Lipinski definition) is 7. The first-order valence-electron chi connectivity index (χ1n) is 6.89. The van der Waals surface area contributed by atoms with E-state index >= 15 is 0 Å². The summed E-state index contributed by atoms with van der Waals surface area (Å²) in [5.41, 5.74) is 1.76. The lowest BCUT2D eigenvalue weighted by Crippen LogP contribution is -2.29. The third-order valence-electron chi connectivity index (χ3n) is 3.72. The van der Waals surface area contributed by atoms with E-state index in [9.17, 15) is 9.90 Å².